The van der Waals surface area contributed by atoms with Crippen molar-refractivity contribution in [2.45, 2.75) is 17.9 Å². The third kappa shape index (κ3) is 3.47. The van der Waals surface area contributed by atoms with Crippen LogP contribution < -0.4 is 0 Å². The van der Waals surface area contributed by atoms with Crippen molar-refractivity contribution in [2.24, 2.45) is 0 Å². The van der Waals surface area contributed by atoms with Crippen LogP contribution in [0.3, 0.4) is 0 Å². The molecule has 0 radical (unpaired) electrons. The molecule has 0 bridgehead atoms. The fourth-order valence-electron chi connectivity index (χ4n) is 1.30. The molecule has 0 aliphatic heterocycles. The van der Waals surface area contributed by atoms with Crippen LogP contribution in [0.5, 0.6) is 0 Å². The average molecular weight is 291 g/mol. The number of nitro benzene ring substituents is 1. The van der Waals surface area contributed by atoms with E-state index in [0.29, 0.717) is 6.07 Å². The minimum atomic E-state index is -4.00. The second kappa shape index (κ2) is 5.31. The molecule has 0 aliphatic carbocycles. The lowest BCUT2D eigenvalue weighted by Gasteiger charge is -2.08. The fourth-order valence-corrected chi connectivity index (χ4v) is 2.50. The van der Waals surface area contributed by atoms with Crippen molar-refractivity contribution < 1.29 is 27.6 Å². The lowest BCUT2D eigenvalue weighted by Crippen LogP contribution is -2.28. The van der Waals surface area contributed by atoms with E-state index >= 15 is 0 Å². The Kier molecular flexibility index (Phi) is 4.20. The first-order chi connectivity index (χ1) is 8.65. The van der Waals surface area contributed by atoms with Crippen molar-refractivity contribution in [1.82, 2.24) is 0 Å². The predicted molar refractivity (Wildman–Crippen MR) is 62.8 cm³/mol. The number of hydrogen-bond donors (Lipinski definition) is 1. The van der Waals surface area contributed by atoms with Gasteiger partial charge in [-0.15, -0.1) is 0 Å². The normalized spacial score (nSPS) is 12.9. The fraction of sp³-hybridized carbons (Fsp3) is 0.300. The van der Waals surface area contributed by atoms with Gasteiger partial charge >= 0.3 is 11.7 Å². The van der Waals surface area contributed by atoms with Crippen LogP contribution in [0.15, 0.2) is 18.2 Å². The number of aliphatic carboxylic acids is 1. The van der Waals surface area contributed by atoms with E-state index in [-0.39, 0.29) is 5.56 Å². The summed E-state index contributed by atoms with van der Waals surface area (Å²) in [4.78, 5) is 20.1. The van der Waals surface area contributed by atoms with Crippen LogP contribution in [-0.4, -0.2) is 29.7 Å². The quantitative estimate of drug-likeness (QED) is 0.642. The van der Waals surface area contributed by atoms with Gasteiger partial charge < -0.3 is 5.11 Å². The summed E-state index contributed by atoms with van der Waals surface area (Å²) in [6.07, 6.45) is 0. The van der Waals surface area contributed by atoms with Gasteiger partial charge in [-0.25, -0.2) is 8.42 Å². The molecule has 7 nitrogen and oxygen atoms in total. The number of halogens is 1. The molecule has 1 unspecified atom stereocenters. The van der Waals surface area contributed by atoms with Gasteiger partial charge in [0.05, 0.1) is 10.7 Å². The average Bonchev–Trinajstić information content (AvgIpc) is 2.26. The lowest BCUT2D eigenvalue weighted by molar-refractivity contribution is -0.387. The number of carbonyl (C=O) groups is 1. The Morgan fingerprint density at radius 1 is 1.53 bits per heavy atom. The maximum absolute atomic E-state index is 13.3. The Morgan fingerprint density at radius 3 is 2.53 bits per heavy atom. The molecular formula is C10H10FNO6S. The SMILES string of the molecule is CC(C(=O)O)S(=O)(=O)Cc1ccc([N+](=O)[O-])c(F)c1. The van der Waals surface area contributed by atoms with Crippen molar-refractivity contribution in [1.29, 1.82) is 0 Å². The maximum Gasteiger partial charge on any atom is 0.321 e. The molecule has 0 heterocycles. The van der Waals surface area contributed by atoms with Gasteiger partial charge in [0.1, 0.15) is 0 Å². The molecule has 0 aromatic heterocycles. The van der Waals surface area contributed by atoms with Gasteiger partial charge in [-0.2, -0.15) is 4.39 Å². The topological polar surface area (TPSA) is 115 Å². The molecule has 1 N–H and O–H groups in total. The summed E-state index contributed by atoms with van der Waals surface area (Å²) in [6, 6.07) is 2.63. The van der Waals surface area contributed by atoms with Crippen LogP contribution in [0.1, 0.15) is 12.5 Å². The Balaban J connectivity index is 3.05. The van der Waals surface area contributed by atoms with Gasteiger partial charge in [0.2, 0.25) is 5.82 Å². The Morgan fingerprint density at radius 2 is 2.11 bits per heavy atom. The Hall–Kier alpha value is -2.03. The van der Waals surface area contributed by atoms with Crippen molar-refractivity contribution in [2.75, 3.05) is 0 Å². The Labute approximate surface area is 107 Å². The van der Waals surface area contributed by atoms with Crippen LogP contribution >= 0.6 is 0 Å². The highest BCUT2D eigenvalue weighted by Gasteiger charge is 2.28. The first-order valence-electron chi connectivity index (χ1n) is 5.02. The highest BCUT2D eigenvalue weighted by molar-refractivity contribution is 7.91. The van der Waals surface area contributed by atoms with Gasteiger partial charge in [-0.05, 0) is 18.6 Å². The van der Waals surface area contributed by atoms with E-state index in [1.165, 1.54) is 0 Å². The van der Waals surface area contributed by atoms with Gasteiger partial charge in [0.15, 0.2) is 15.1 Å². The number of nitrogens with zero attached hydrogens (tertiary/aromatic N) is 1. The molecule has 0 amide bonds. The molecule has 0 aliphatic rings. The van der Waals surface area contributed by atoms with Crippen molar-refractivity contribution >= 4 is 21.5 Å². The summed E-state index contributed by atoms with van der Waals surface area (Å²) in [7, 11) is -4.00. The molecule has 1 rings (SSSR count). The molecule has 0 saturated heterocycles. The number of hydrogen-bond acceptors (Lipinski definition) is 5. The first kappa shape index (κ1) is 15.0. The number of sulfone groups is 1. The summed E-state index contributed by atoms with van der Waals surface area (Å²) in [5.74, 6) is -3.38. The second-order valence-corrected chi connectivity index (χ2v) is 6.15. The smallest absolute Gasteiger partial charge is 0.321 e. The van der Waals surface area contributed by atoms with Gasteiger partial charge in [-0.3, -0.25) is 14.9 Å². The maximum atomic E-state index is 13.3. The van der Waals surface area contributed by atoms with Crippen molar-refractivity contribution in [3.05, 3.63) is 39.7 Å². The van der Waals surface area contributed by atoms with E-state index in [1.54, 1.807) is 0 Å². The van der Waals surface area contributed by atoms with E-state index in [4.69, 9.17) is 5.11 Å². The first-order valence-corrected chi connectivity index (χ1v) is 6.74. The molecule has 1 aromatic carbocycles. The molecule has 0 fully saturated rings. The third-order valence-electron chi connectivity index (χ3n) is 2.46. The number of benzene rings is 1. The van der Waals surface area contributed by atoms with Crippen molar-refractivity contribution in [3.63, 3.8) is 0 Å². The van der Waals surface area contributed by atoms with E-state index in [0.717, 1.165) is 19.1 Å². The molecule has 9 heteroatoms. The third-order valence-corrected chi connectivity index (χ3v) is 4.48. The highest BCUT2D eigenvalue weighted by Crippen LogP contribution is 2.20. The minimum absolute atomic E-state index is 0.0452. The number of nitro groups is 1. The molecule has 0 spiro atoms. The van der Waals surface area contributed by atoms with E-state index in [2.05, 4.69) is 0 Å². The van der Waals surface area contributed by atoms with Gasteiger partial charge in [0, 0.05) is 6.07 Å². The van der Waals surface area contributed by atoms with E-state index < -0.39 is 43.2 Å². The summed E-state index contributed by atoms with van der Waals surface area (Å²) in [6.45, 7) is 0.999. The zero-order chi connectivity index (χ0) is 14.8. The van der Waals surface area contributed by atoms with Crippen molar-refractivity contribution in [3.8, 4) is 0 Å². The number of rotatable bonds is 5. The van der Waals surface area contributed by atoms with E-state index in [1.807, 2.05) is 0 Å². The summed E-state index contributed by atoms with van der Waals surface area (Å²) >= 11 is 0. The predicted octanol–water partition coefficient (Wildman–Crippen LogP) is 1.12. The standard InChI is InChI=1S/C10H10FNO6S/c1-6(10(13)14)19(17,18)5-7-2-3-9(12(15)16)8(11)4-7/h2-4,6H,5H2,1H3,(H,13,14). The zero-order valence-corrected chi connectivity index (χ0v) is 10.6. The number of carboxylic acids is 1. The Bertz CT molecular complexity index is 627. The van der Waals surface area contributed by atoms with Crippen LogP contribution in [0.4, 0.5) is 10.1 Å². The monoisotopic (exact) mass is 291 g/mol. The van der Waals surface area contributed by atoms with Crippen LogP contribution in [0.2, 0.25) is 0 Å². The summed E-state index contributed by atoms with van der Waals surface area (Å²) in [5, 5.41) is 17.4. The molecular weight excluding hydrogens is 281 g/mol. The molecule has 1 atom stereocenters. The van der Waals surface area contributed by atoms with Crippen LogP contribution in [0.25, 0.3) is 0 Å². The lowest BCUT2D eigenvalue weighted by atomic mass is 10.2. The zero-order valence-electron chi connectivity index (χ0n) is 9.74. The second-order valence-electron chi connectivity index (χ2n) is 3.83. The molecule has 0 saturated carbocycles. The van der Waals surface area contributed by atoms with Gasteiger partial charge in [0.25, 0.3) is 0 Å². The summed E-state index contributed by atoms with van der Waals surface area (Å²) in [5.41, 5.74) is -0.816. The highest BCUT2D eigenvalue weighted by atomic mass is 32.2. The van der Waals surface area contributed by atoms with Crippen LogP contribution in [0, 0.1) is 15.9 Å². The molecule has 19 heavy (non-hydrogen) atoms. The van der Waals surface area contributed by atoms with E-state index in [9.17, 15) is 27.7 Å². The largest absolute Gasteiger partial charge is 0.480 e. The minimum Gasteiger partial charge on any atom is -0.480 e. The molecule has 1 aromatic rings. The summed E-state index contributed by atoms with van der Waals surface area (Å²) < 4.78 is 36.6. The molecule has 104 valence electrons. The van der Waals surface area contributed by atoms with Crippen LogP contribution in [-0.2, 0) is 20.4 Å². The number of carboxylic acid groups (broad SMARTS) is 1. The van der Waals surface area contributed by atoms with Gasteiger partial charge in [-0.1, -0.05) is 6.07 Å².